The maximum absolute atomic E-state index is 12.2. The Morgan fingerprint density at radius 1 is 0.882 bits per heavy atom. The van der Waals surface area contributed by atoms with Crippen LogP contribution in [0.25, 0.3) is 11.0 Å². The van der Waals surface area contributed by atoms with Gasteiger partial charge in [0.25, 0.3) is 0 Å². The van der Waals surface area contributed by atoms with E-state index in [9.17, 15) is 4.79 Å². The summed E-state index contributed by atoms with van der Waals surface area (Å²) in [7, 11) is 0. The molecule has 82 valence electrons. The van der Waals surface area contributed by atoms with Gasteiger partial charge in [-0.05, 0) is 0 Å². The number of carbonyl (C=O) groups is 1. The Morgan fingerprint density at radius 2 is 1.65 bits per heavy atom. The molecule has 0 aliphatic heterocycles. The number of carbonyl (C=O) groups excluding carboxylic acids is 1. The third-order valence-electron chi connectivity index (χ3n) is 2.55. The summed E-state index contributed by atoms with van der Waals surface area (Å²) in [6.07, 6.45) is 0. The Labute approximate surface area is 108 Å². The van der Waals surface area contributed by atoms with Gasteiger partial charge in [-0.2, -0.15) is 0 Å². The van der Waals surface area contributed by atoms with E-state index < -0.39 is 21.0 Å². The summed E-state index contributed by atoms with van der Waals surface area (Å²) in [5.74, 6) is 0.0381. The molecule has 0 saturated carbocycles. The number of aromatic nitrogens is 2. The zero-order valence-corrected chi connectivity index (χ0v) is 11.2. The topological polar surface area (TPSA) is 42.9 Å². The van der Waals surface area contributed by atoms with Gasteiger partial charge in [-0.3, -0.25) is 0 Å². The summed E-state index contributed by atoms with van der Waals surface area (Å²) in [6, 6.07) is 14.8. The van der Waals surface area contributed by atoms with Gasteiger partial charge in [0.15, 0.2) is 0 Å². The number of hydrogen-bond donors (Lipinski definition) is 0. The molecule has 3 rings (SSSR count). The molecule has 4 heteroatoms. The van der Waals surface area contributed by atoms with E-state index in [2.05, 4.69) is 6.41 Å². The van der Waals surface area contributed by atoms with Gasteiger partial charge in [-0.15, -0.1) is 0 Å². The van der Waals surface area contributed by atoms with Crippen LogP contribution in [0, 0.1) is 0 Å². The van der Waals surface area contributed by atoms with E-state index in [4.69, 9.17) is 0 Å². The number of nitrogens with zero attached hydrogens (tertiary/aromatic N) is 2. The van der Waals surface area contributed by atoms with Crippen LogP contribution in [0.1, 0.15) is 15.9 Å². The van der Waals surface area contributed by atoms with Crippen molar-refractivity contribution in [3.63, 3.8) is 0 Å². The van der Waals surface area contributed by atoms with Crippen LogP contribution < -0.4 is 0 Å². The van der Waals surface area contributed by atoms with Crippen molar-refractivity contribution in [3.05, 3.63) is 59.7 Å². The third-order valence-corrected chi connectivity index (χ3v) is 4.14. The molecule has 0 fully saturated rings. The van der Waals surface area contributed by atoms with E-state index in [0.29, 0.717) is 11.1 Å². The monoisotopic (exact) mass is 338 g/mol. The predicted molar refractivity (Wildman–Crippen MR) is 66.4 cm³/mol. The van der Waals surface area contributed by atoms with Gasteiger partial charge in [0, 0.05) is 0 Å². The van der Waals surface area contributed by atoms with Crippen molar-refractivity contribution in [3.8, 4) is 0 Å². The second-order valence-corrected chi connectivity index (χ2v) is 5.17. The molecular formula is C13H8N2OTe. The first-order valence-electron chi connectivity index (χ1n) is 5.17. The normalized spacial score (nSPS) is 10.6. The number of benzene rings is 2. The van der Waals surface area contributed by atoms with E-state index in [1.54, 1.807) is 0 Å². The van der Waals surface area contributed by atoms with Crippen molar-refractivity contribution < 1.29 is 4.79 Å². The Balaban J connectivity index is 2.06. The standard InChI is InChI=1S/C13H8N2OTe/c16-13(9-4-2-1-3-5-9)10-6-7-11-12(8-10)15-17-14-11/h1-8H. The van der Waals surface area contributed by atoms with Crippen LogP contribution >= 0.6 is 0 Å². The molecule has 0 aliphatic carbocycles. The van der Waals surface area contributed by atoms with Crippen molar-refractivity contribution in [2.75, 3.05) is 0 Å². The van der Waals surface area contributed by atoms with Crippen molar-refractivity contribution in [1.29, 1.82) is 0 Å². The van der Waals surface area contributed by atoms with E-state index in [1.807, 2.05) is 48.5 Å². The number of hydrogen-bond acceptors (Lipinski definition) is 3. The fraction of sp³-hybridized carbons (Fsp3) is 0. The summed E-state index contributed by atoms with van der Waals surface area (Å²) >= 11 is -0.602. The van der Waals surface area contributed by atoms with Crippen LogP contribution in [-0.4, -0.2) is 33.2 Å². The number of rotatable bonds is 2. The Morgan fingerprint density at radius 3 is 2.47 bits per heavy atom. The first-order valence-corrected chi connectivity index (χ1v) is 7.25. The van der Waals surface area contributed by atoms with Crippen molar-refractivity contribution in [2.45, 2.75) is 0 Å². The van der Waals surface area contributed by atoms with Crippen molar-refractivity contribution in [1.82, 2.24) is 6.41 Å². The van der Waals surface area contributed by atoms with E-state index in [-0.39, 0.29) is 5.78 Å². The molecule has 0 unspecified atom stereocenters. The number of fused-ring (bicyclic) bond motifs is 1. The number of ketones is 1. The Hall–Kier alpha value is -1.50. The molecule has 2 aromatic carbocycles. The SMILES string of the molecule is O=C(c1ccccc1)c1ccc2n[te]nc2c1. The van der Waals surface area contributed by atoms with Crippen LogP contribution in [0.3, 0.4) is 0 Å². The van der Waals surface area contributed by atoms with Crippen LogP contribution in [0.2, 0.25) is 0 Å². The average molecular weight is 336 g/mol. The summed E-state index contributed by atoms with van der Waals surface area (Å²) in [5.41, 5.74) is 3.19. The summed E-state index contributed by atoms with van der Waals surface area (Å²) in [6.45, 7) is 0. The van der Waals surface area contributed by atoms with Crippen LogP contribution in [0.5, 0.6) is 0 Å². The second-order valence-electron chi connectivity index (χ2n) is 3.66. The predicted octanol–water partition coefficient (Wildman–Crippen LogP) is 1.92. The Kier molecular flexibility index (Phi) is 2.76. The van der Waals surface area contributed by atoms with Crippen molar-refractivity contribution >= 4 is 37.8 Å². The molecule has 0 atom stereocenters. The van der Waals surface area contributed by atoms with Gasteiger partial charge >= 0.3 is 109 Å². The first-order chi connectivity index (χ1) is 8.34. The molecule has 0 radical (unpaired) electrons. The molecule has 1 aromatic heterocycles. The van der Waals surface area contributed by atoms with Gasteiger partial charge < -0.3 is 0 Å². The molecule has 0 spiro atoms. The Bertz CT molecular complexity index is 676. The molecule has 0 amide bonds. The van der Waals surface area contributed by atoms with E-state index in [0.717, 1.165) is 11.0 Å². The molecule has 3 aromatic rings. The second kappa shape index (κ2) is 4.40. The van der Waals surface area contributed by atoms with Gasteiger partial charge in [0.05, 0.1) is 0 Å². The van der Waals surface area contributed by atoms with E-state index >= 15 is 0 Å². The molecule has 3 nitrogen and oxygen atoms in total. The molecule has 1 heterocycles. The quantitative estimate of drug-likeness (QED) is 0.531. The zero-order chi connectivity index (χ0) is 11.7. The fourth-order valence-electron chi connectivity index (χ4n) is 1.68. The molecule has 0 N–H and O–H groups in total. The van der Waals surface area contributed by atoms with Crippen molar-refractivity contribution in [2.24, 2.45) is 0 Å². The van der Waals surface area contributed by atoms with Crippen LogP contribution in [0.15, 0.2) is 48.5 Å². The molecule has 17 heavy (non-hydrogen) atoms. The van der Waals surface area contributed by atoms with E-state index in [1.165, 1.54) is 0 Å². The minimum atomic E-state index is -0.602. The first kappa shape index (κ1) is 10.6. The zero-order valence-electron chi connectivity index (χ0n) is 8.83. The van der Waals surface area contributed by atoms with Crippen LogP contribution in [0.4, 0.5) is 0 Å². The molecule has 0 bridgehead atoms. The molecular weight excluding hydrogens is 328 g/mol. The average Bonchev–Trinajstić information content (AvgIpc) is 2.86. The fourth-order valence-corrected chi connectivity index (χ4v) is 3.16. The molecule has 0 saturated heterocycles. The van der Waals surface area contributed by atoms with Gasteiger partial charge in [-0.1, -0.05) is 0 Å². The summed E-state index contributed by atoms with van der Waals surface area (Å²) in [4.78, 5) is 12.2. The molecule has 0 aliphatic rings. The summed E-state index contributed by atoms with van der Waals surface area (Å²) in [5, 5.41) is 0. The van der Waals surface area contributed by atoms with Gasteiger partial charge in [0.2, 0.25) is 0 Å². The van der Waals surface area contributed by atoms with Gasteiger partial charge in [0.1, 0.15) is 0 Å². The third kappa shape index (κ3) is 2.02. The minimum absolute atomic E-state index is 0.0381. The maximum atomic E-state index is 12.2. The summed E-state index contributed by atoms with van der Waals surface area (Å²) < 4.78 is 8.67. The van der Waals surface area contributed by atoms with Gasteiger partial charge in [-0.25, -0.2) is 0 Å². The van der Waals surface area contributed by atoms with Crippen LogP contribution in [-0.2, 0) is 0 Å².